The van der Waals surface area contributed by atoms with E-state index in [0.29, 0.717) is 22.7 Å². The number of nitrogens with one attached hydrogen (secondary N) is 2. The average Bonchev–Trinajstić information content (AvgIpc) is 3.00. The predicted molar refractivity (Wildman–Crippen MR) is 82.5 cm³/mol. The van der Waals surface area contributed by atoms with Gasteiger partial charge in [-0.2, -0.15) is 0 Å². The summed E-state index contributed by atoms with van der Waals surface area (Å²) in [7, 11) is -3.48. The molecular weight excluding hydrogens is 286 g/mol. The topological polar surface area (TPSA) is 71.1 Å². The van der Waals surface area contributed by atoms with Crippen LogP contribution in [-0.2, 0) is 10.0 Å². The first-order chi connectivity index (χ1) is 10.2. The van der Waals surface area contributed by atoms with Crippen molar-refractivity contribution >= 4 is 20.8 Å². The number of pyridine rings is 1. The molecule has 5 nitrogen and oxygen atoms in total. The monoisotopic (exact) mass is 305 g/mol. The molecule has 3 rings (SSSR count). The van der Waals surface area contributed by atoms with Crippen LogP contribution >= 0.6 is 0 Å². The molecule has 1 fully saturated rings. The van der Waals surface area contributed by atoms with Gasteiger partial charge < -0.3 is 5.32 Å². The molecule has 1 aromatic carbocycles. The van der Waals surface area contributed by atoms with Crippen molar-refractivity contribution in [3.63, 3.8) is 0 Å². The third kappa shape index (κ3) is 3.23. The lowest BCUT2D eigenvalue weighted by Gasteiger charge is -2.11. The minimum Gasteiger partial charge on any atom is -0.316 e. The van der Waals surface area contributed by atoms with Gasteiger partial charge in [-0.25, -0.2) is 13.1 Å². The average molecular weight is 305 g/mol. The van der Waals surface area contributed by atoms with E-state index < -0.39 is 10.0 Å². The molecule has 2 heterocycles. The smallest absolute Gasteiger partial charge is 0.241 e. The lowest BCUT2D eigenvalue weighted by atomic mass is 10.1. The summed E-state index contributed by atoms with van der Waals surface area (Å²) in [6, 6.07) is 7.00. The molecule has 0 aliphatic carbocycles. The highest BCUT2D eigenvalue weighted by Gasteiger charge is 2.19. The molecule has 21 heavy (non-hydrogen) atoms. The molecule has 0 saturated carbocycles. The van der Waals surface area contributed by atoms with Crippen LogP contribution in [0.5, 0.6) is 0 Å². The highest BCUT2D eigenvalue weighted by atomic mass is 32.2. The summed E-state index contributed by atoms with van der Waals surface area (Å²) in [4.78, 5) is 4.35. The maximum atomic E-state index is 12.5. The normalized spacial score (nSPS) is 19.1. The van der Waals surface area contributed by atoms with Gasteiger partial charge in [0.25, 0.3) is 0 Å². The van der Waals surface area contributed by atoms with Crippen LogP contribution in [0, 0.1) is 5.92 Å². The second-order valence-corrected chi connectivity index (χ2v) is 7.13. The standard InChI is InChI=1S/C15H19N3O2S/c19-21(20,18-9-5-12-4-7-16-10-12)15-3-1-2-13-11-17-8-6-14(13)15/h1-3,6,8,11-12,16,18H,4-5,7,9-10H2. The zero-order valence-electron chi connectivity index (χ0n) is 11.7. The molecule has 1 saturated heterocycles. The highest BCUT2D eigenvalue weighted by Crippen LogP contribution is 2.22. The third-order valence-electron chi connectivity index (χ3n) is 3.94. The number of sulfonamides is 1. The number of nitrogens with zero attached hydrogens (tertiary/aromatic N) is 1. The largest absolute Gasteiger partial charge is 0.316 e. The van der Waals surface area contributed by atoms with Gasteiger partial charge in [0.2, 0.25) is 10.0 Å². The zero-order valence-corrected chi connectivity index (χ0v) is 12.6. The lowest BCUT2D eigenvalue weighted by molar-refractivity contribution is 0.519. The van der Waals surface area contributed by atoms with Gasteiger partial charge in [0.05, 0.1) is 4.90 Å². The Morgan fingerprint density at radius 2 is 2.24 bits per heavy atom. The minimum atomic E-state index is -3.48. The Hall–Kier alpha value is -1.50. The summed E-state index contributed by atoms with van der Waals surface area (Å²) >= 11 is 0. The molecule has 0 radical (unpaired) electrons. The van der Waals surface area contributed by atoms with Gasteiger partial charge in [-0.15, -0.1) is 0 Å². The number of rotatable bonds is 5. The van der Waals surface area contributed by atoms with Crippen molar-refractivity contribution in [1.82, 2.24) is 15.0 Å². The number of hydrogen-bond donors (Lipinski definition) is 2. The maximum absolute atomic E-state index is 12.5. The van der Waals surface area contributed by atoms with Crippen LogP contribution < -0.4 is 10.0 Å². The van der Waals surface area contributed by atoms with Crippen molar-refractivity contribution in [3.05, 3.63) is 36.7 Å². The summed E-state index contributed by atoms with van der Waals surface area (Å²) < 4.78 is 27.7. The van der Waals surface area contributed by atoms with Gasteiger partial charge in [-0.05, 0) is 44.0 Å². The summed E-state index contributed by atoms with van der Waals surface area (Å²) in [5, 5.41) is 4.84. The Balaban J connectivity index is 1.76. The van der Waals surface area contributed by atoms with Crippen LogP contribution in [0.3, 0.4) is 0 Å². The van der Waals surface area contributed by atoms with Gasteiger partial charge in [0.1, 0.15) is 0 Å². The number of benzene rings is 1. The summed E-state index contributed by atoms with van der Waals surface area (Å²) in [6.45, 7) is 2.51. The maximum Gasteiger partial charge on any atom is 0.241 e. The SMILES string of the molecule is O=S(=O)(NCCC1CCNC1)c1cccc2cnccc12. The van der Waals surface area contributed by atoms with E-state index in [9.17, 15) is 8.42 Å². The molecule has 1 aromatic heterocycles. The van der Waals surface area contributed by atoms with Gasteiger partial charge in [-0.1, -0.05) is 12.1 Å². The Labute approximate surface area is 124 Å². The van der Waals surface area contributed by atoms with Crippen LogP contribution in [-0.4, -0.2) is 33.0 Å². The number of hydrogen-bond acceptors (Lipinski definition) is 4. The molecule has 6 heteroatoms. The third-order valence-corrected chi connectivity index (χ3v) is 5.46. The first kappa shape index (κ1) is 14.4. The Kier molecular flexibility index (Phi) is 4.19. The van der Waals surface area contributed by atoms with Crippen molar-refractivity contribution in [2.24, 2.45) is 5.92 Å². The predicted octanol–water partition coefficient (Wildman–Crippen LogP) is 1.51. The van der Waals surface area contributed by atoms with Gasteiger partial charge in [0.15, 0.2) is 0 Å². The fraction of sp³-hybridized carbons (Fsp3) is 0.400. The van der Waals surface area contributed by atoms with Gasteiger partial charge in [-0.3, -0.25) is 4.98 Å². The van der Waals surface area contributed by atoms with E-state index in [-0.39, 0.29) is 0 Å². The molecule has 112 valence electrons. The molecule has 1 aliphatic heterocycles. The van der Waals surface area contributed by atoms with Crippen molar-refractivity contribution in [2.45, 2.75) is 17.7 Å². The molecule has 2 aromatic rings. The van der Waals surface area contributed by atoms with E-state index in [4.69, 9.17) is 0 Å². The molecule has 2 N–H and O–H groups in total. The van der Waals surface area contributed by atoms with Crippen LogP contribution in [0.15, 0.2) is 41.6 Å². The van der Waals surface area contributed by atoms with Crippen LogP contribution in [0.4, 0.5) is 0 Å². The molecule has 1 unspecified atom stereocenters. The molecular formula is C15H19N3O2S. The van der Waals surface area contributed by atoms with E-state index in [1.165, 1.54) is 0 Å². The van der Waals surface area contributed by atoms with Crippen molar-refractivity contribution in [3.8, 4) is 0 Å². The van der Waals surface area contributed by atoms with Gasteiger partial charge in [0, 0.05) is 29.7 Å². The molecule has 1 atom stereocenters. The quantitative estimate of drug-likeness (QED) is 0.878. The first-order valence-electron chi connectivity index (χ1n) is 7.20. The first-order valence-corrected chi connectivity index (χ1v) is 8.68. The second-order valence-electron chi connectivity index (χ2n) is 5.40. The van der Waals surface area contributed by atoms with Gasteiger partial charge >= 0.3 is 0 Å². The summed E-state index contributed by atoms with van der Waals surface area (Å²) in [5.41, 5.74) is 0. The van der Waals surface area contributed by atoms with Crippen LogP contribution in [0.1, 0.15) is 12.8 Å². The van der Waals surface area contributed by atoms with Crippen LogP contribution in [0.25, 0.3) is 10.8 Å². The van der Waals surface area contributed by atoms with Crippen molar-refractivity contribution in [1.29, 1.82) is 0 Å². The van der Waals surface area contributed by atoms with Crippen molar-refractivity contribution in [2.75, 3.05) is 19.6 Å². The fourth-order valence-electron chi connectivity index (χ4n) is 2.76. The Morgan fingerprint density at radius 1 is 1.33 bits per heavy atom. The molecule has 0 spiro atoms. The summed E-state index contributed by atoms with van der Waals surface area (Å²) in [6.07, 6.45) is 5.30. The van der Waals surface area contributed by atoms with Crippen LogP contribution in [0.2, 0.25) is 0 Å². The Morgan fingerprint density at radius 3 is 3.05 bits per heavy atom. The molecule has 0 bridgehead atoms. The molecule has 1 aliphatic rings. The zero-order chi connectivity index (χ0) is 14.7. The van der Waals surface area contributed by atoms with E-state index in [0.717, 1.165) is 31.3 Å². The van der Waals surface area contributed by atoms with E-state index in [1.54, 1.807) is 30.6 Å². The van der Waals surface area contributed by atoms with Crippen molar-refractivity contribution < 1.29 is 8.42 Å². The minimum absolute atomic E-state index is 0.326. The van der Waals surface area contributed by atoms with E-state index in [1.807, 2.05) is 6.07 Å². The Bertz CT molecular complexity index is 719. The number of aromatic nitrogens is 1. The lowest BCUT2D eigenvalue weighted by Crippen LogP contribution is -2.26. The number of fused-ring (bicyclic) bond motifs is 1. The summed E-state index contributed by atoms with van der Waals surface area (Å²) in [5.74, 6) is 0.574. The molecule has 0 amide bonds. The highest BCUT2D eigenvalue weighted by molar-refractivity contribution is 7.89. The van der Waals surface area contributed by atoms with E-state index in [2.05, 4.69) is 15.0 Å². The second kappa shape index (κ2) is 6.09. The van der Waals surface area contributed by atoms with E-state index >= 15 is 0 Å². The fourth-order valence-corrected chi connectivity index (χ4v) is 4.04.